The zero-order chi connectivity index (χ0) is 14.3. The van der Waals surface area contributed by atoms with Crippen molar-refractivity contribution in [2.45, 2.75) is 67.7 Å². The van der Waals surface area contributed by atoms with Gasteiger partial charge in [-0.05, 0) is 23.6 Å². The summed E-state index contributed by atoms with van der Waals surface area (Å²) in [6.07, 6.45) is 1.25. The van der Waals surface area contributed by atoms with Crippen molar-refractivity contribution in [2.75, 3.05) is 0 Å². The molecular weight excluding hydrogens is 211 g/mol. The summed E-state index contributed by atoms with van der Waals surface area (Å²) in [5.41, 5.74) is 1.06. The summed E-state index contributed by atoms with van der Waals surface area (Å²) in [5.74, 6) is 0.266. The van der Waals surface area contributed by atoms with Gasteiger partial charge in [0.05, 0.1) is 0 Å². The van der Waals surface area contributed by atoms with Gasteiger partial charge in [-0.15, -0.1) is 0 Å². The molecule has 0 bridgehead atoms. The topological polar surface area (TPSA) is 0 Å². The molecule has 17 heavy (non-hydrogen) atoms. The van der Waals surface area contributed by atoms with E-state index in [4.69, 9.17) is 0 Å². The van der Waals surface area contributed by atoms with Gasteiger partial charge in [0.15, 0.2) is 0 Å². The molecule has 0 atom stereocenters. The molecule has 0 saturated heterocycles. The molecule has 1 aromatic rings. The summed E-state index contributed by atoms with van der Waals surface area (Å²) < 4.78 is 12.5. The first-order chi connectivity index (χ1) is 8.11. The molecule has 0 radical (unpaired) electrons. The largest absolute Gasteiger partial charge is 0.207 e. The minimum atomic E-state index is -0.147. The monoisotopic (exact) mass is 242 g/mol. The van der Waals surface area contributed by atoms with E-state index in [1.807, 2.05) is 33.8 Å². The van der Waals surface area contributed by atoms with Gasteiger partial charge < -0.3 is 0 Å². The van der Waals surface area contributed by atoms with E-state index in [0.717, 1.165) is 5.56 Å². The predicted octanol–water partition coefficient (Wildman–Crippen LogP) is 6.42. The normalized spacial score (nSPS) is 7.88. The molecule has 0 aliphatic rings. The molecule has 0 heterocycles. The quantitative estimate of drug-likeness (QED) is 0.533. The average molecular weight is 242 g/mol. The highest BCUT2D eigenvalue weighted by atomic mass is 19.1. The Kier molecular flexibility index (Phi) is 22.1. The summed E-state index contributed by atoms with van der Waals surface area (Å²) in [7, 11) is 0. The second kappa shape index (κ2) is 17.5. The highest BCUT2D eigenvalue weighted by Gasteiger charge is 1.97. The van der Waals surface area contributed by atoms with Crippen LogP contribution in [0.25, 0.3) is 0 Å². The van der Waals surface area contributed by atoms with Gasteiger partial charge in [0.1, 0.15) is 5.82 Å². The van der Waals surface area contributed by atoms with Crippen LogP contribution in [-0.4, -0.2) is 0 Å². The second-order valence-corrected chi connectivity index (χ2v) is 3.42. The number of rotatable bonds is 1. The Labute approximate surface area is 108 Å². The van der Waals surface area contributed by atoms with Crippen LogP contribution >= 0.6 is 0 Å². The summed E-state index contributed by atoms with van der Waals surface area (Å²) in [4.78, 5) is 0. The first-order valence-electron chi connectivity index (χ1n) is 6.87. The van der Waals surface area contributed by atoms with Crippen LogP contribution in [0, 0.1) is 5.82 Å². The van der Waals surface area contributed by atoms with Crippen LogP contribution in [0.3, 0.4) is 0 Å². The van der Waals surface area contributed by atoms with E-state index in [9.17, 15) is 4.39 Å². The molecule has 1 heteroatoms. The molecule has 0 unspecified atom stereocenters. The molecule has 0 nitrogen and oxygen atoms in total. The molecule has 0 saturated carbocycles. The van der Waals surface area contributed by atoms with Crippen molar-refractivity contribution in [1.29, 1.82) is 0 Å². The SMILES string of the molecule is CC.CC.CC(C)c1cccc(F)c1.CCC. The Bertz CT molecular complexity index is 229. The predicted molar refractivity (Wildman–Crippen MR) is 79.2 cm³/mol. The van der Waals surface area contributed by atoms with Crippen molar-refractivity contribution < 1.29 is 4.39 Å². The standard InChI is InChI=1S/C9H11F.C3H8.2C2H6/c1-7(2)8-4-3-5-9(10)6-8;1-3-2;2*1-2/h3-7H,1-2H3;3H2,1-2H3;2*1-2H3. The molecular formula is C16H31F. The smallest absolute Gasteiger partial charge is 0.123 e. The molecule has 0 amide bonds. The van der Waals surface area contributed by atoms with Gasteiger partial charge in [0, 0.05) is 0 Å². The van der Waals surface area contributed by atoms with Crippen LogP contribution in [0.4, 0.5) is 4.39 Å². The third-order valence-electron chi connectivity index (χ3n) is 1.52. The fraction of sp³-hybridized carbons (Fsp3) is 0.625. The third-order valence-corrected chi connectivity index (χ3v) is 1.52. The van der Waals surface area contributed by atoms with E-state index < -0.39 is 0 Å². The molecule has 102 valence electrons. The molecule has 1 aromatic carbocycles. The van der Waals surface area contributed by atoms with Crippen LogP contribution in [0.2, 0.25) is 0 Å². The van der Waals surface area contributed by atoms with Gasteiger partial charge >= 0.3 is 0 Å². The first-order valence-corrected chi connectivity index (χ1v) is 6.87. The van der Waals surface area contributed by atoms with Crippen LogP contribution in [0.5, 0.6) is 0 Å². The van der Waals surface area contributed by atoms with E-state index in [0.29, 0.717) is 5.92 Å². The lowest BCUT2D eigenvalue weighted by Gasteiger charge is -2.02. The molecule has 1 rings (SSSR count). The van der Waals surface area contributed by atoms with Crippen molar-refractivity contribution in [1.82, 2.24) is 0 Å². The number of hydrogen-bond acceptors (Lipinski definition) is 0. The van der Waals surface area contributed by atoms with Gasteiger partial charge in [0.25, 0.3) is 0 Å². The van der Waals surface area contributed by atoms with Gasteiger partial charge in [0.2, 0.25) is 0 Å². The average Bonchev–Trinajstić information content (AvgIpc) is 2.35. The van der Waals surface area contributed by atoms with Crippen LogP contribution in [0.15, 0.2) is 24.3 Å². The lowest BCUT2D eigenvalue weighted by molar-refractivity contribution is 0.623. The number of halogens is 1. The fourth-order valence-electron chi connectivity index (χ4n) is 0.866. The highest BCUT2D eigenvalue weighted by Crippen LogP contribution is 2.14. The lowest BCUT2D eigenvalue weighted by Crippen LogP contribution is -1.86. The second-order valence-electron chi connectivity index (χ2n) is 3.42. The summed E-state index contributed by atoms with van der Waals surface area (Å²) in [6, 6.07) is 6.72. The van der Waals surface area contributed by atoms with Gasteiger partial charge in [-0.2, -0.15) is 0 Å². The Morgan fingerprint density at radius 1 is 1.00 bits per heavy atom. The van der Waals surface area contributed by atoms with Gasteiger partial charge in [-0.25, -0.2) is 4.39 Å². The Morgan fingerprint density at radius 3 is 1.65 bits per heavy atom. The maximum atomic E-state index is 12.5. The fourth-order valence-corrected chi connectivity index (χ4v) is 0.866. The van der Waals surface area contributed by atoms with Crippen LogP contribution < -0.4 is 0 Å². The molecule has 0 N–H and O–H groups in total. The van der Waals surface area contributed by atoms with E-state index in [-0.39, 0.29) is 5.82 Å². The summed E-state index contributed by atoms with van der Waals surface area (Å²) in [6.45, 7) is 16.4. The third kappa shape index (κ3) is 15.1. The van der Waals surface area contributed by atoms with E-state index in [2.05, 4.69) is 27.7 Å². The first kappa shape index (κ1) is 21.4. The van der Waals surface area contributed by atoms with Gasteiger partial charge in [-0.1, -0.05) is 73.9 Å². The van der Waals surface area contributed by atoms with Crippen molar-refractivity contribution in [3.05, 3.63) is 35.6 Å². The minimum absolute atomic E-state index is 0.147. The van der Waals surface area contributed by atoms with Crippen molar-refractivity contribution >= 4 is 0 Å². The highest BCUT2D eigenvalue weighted by molar-refractivity contribution is 5.19. The van der Waals surface area contributed by atoms with Crippen molar-refractivity contribution in [2.24, 2.45) is 0 Å². The molecule has 0 fully saturated rings. The molecule has 0 spiro atoms. The minimum Gasteiger partial charge on any atom is -0.207 e. The summed E-state index contributed by atoms with van der Waals surface area (Å²) >= 11 is 0. The lowest BCUT2D eigenvalue weighted by atomic mass is 10.0. The van der Waals surface area contributed by atoms with Crippen molar-refractivity contribution in [3.8, 4) is 0 Å². The van der Waals surface area contributed by atoms with Crippen LogP contribution in [0.1, 0.15) is 73.3 Å². The molecule has 0 aliphatic carbocycles. The Morgan fingerprint density at radius 2 is 1.41 bits per heavy atom. The molecule has 0 aliphatic heterocycles. The maximum Gasteiger partial charge on any atom is 0.123 e. The van der Waals surface area contributed by atoms with E-state index in [1.54, 1.807) is 12.1 Å². The number of hydrogen-bond donors (Lipinski definition) is 0. The van der Waals surface area contributed by atoms with Gasteiger partial charge in [-0.3, -0.25) is 0 Å². The zero-order valence-corrected chi connectivity index (χ0v) is 13.0. The zero-order valence-electron chi connectivity index (χ0n) is 13.0. The maximum absolute atomic E-state index is 12.5. The van der Waals surface area contributed by atoms with E-state index >= 15 is 0 Å². The Balaban J connectivity index is -0.000000239. The Hall–Kier alpha value is -0.850. The van der Waals surface area contributed by atoms with Crippen molar-refractivity contribution in [3.63, 3.8) is 0 Å². The summed E-state index contributed by atoms with van der Waals surface area (Å²) in [5, 5.41) is 0. The van der Waals surface area contributed by atoms with Crippen LogP contribution in [-0.2, 0) is 0 Å². The number of benzene rings is 1. The van der Waals surface area contributed by atoms with E-state index in [1.165, 1.54) is 12.5 Å². The molecule has 0 aromatic heterocycles.